The summed E-state index contributed by atoms with van der Waals surface area (Å²) < 4.78 is 9.74. The third-order valence-electron chi connectivity index (χ3n) is 2.96. The van der Waals surface area contributed by atoms with Crippen molar-refractivity contribution in [3.05, 3.63) is 29.8 Å². The van der Waals surface area contributed by atoms with Gasteiger partial charge in [0, 0.05) is 6.54 Å². The molecule has 1 atom stereocenters. The van der Waals surface area contributed by atoms with Gasteiger partial charge < -0.3 is 14.4 Å². The van der Waals surface area contributed by atoms with Crippen molar-refractivity contribution in [3.8, 4) is 5.75 Å². The molecular weight excluding hydrogens is 282 g/mol. The fourth-order valence-corrected chi connectivity index (χ4v) is 1.90. The van der Waals surface area contributed by atoms with Crippen molar-refractivity contribution in [2.24, 2.45) is 0 Å². The number of esters is 1. The molecule has 0 N–H and O–H groups in total. The summed E-state index contributed by atoms with van der Waals surface area (Å²) in [6.45, 7) is 1.89. The molecule has 5 nitrogen and oxygen atoms in total. The van der Waals surface area contributed by atoms with Crippen LogP contribution in [0.15, 0.2) is 24.3 Å². The lowest BCUT2D eigenvalue weighted by molar-refractivity contribution is -0.151. The third-order valence-corrected chi connectivity index (χ3v) is 3.19. The number of methoxy groups -OCH3 is 2. The Labute approximate surface area is 123 Å². The number of alkyl halides is 1. The molecule has 0 unspecified atom stereocenters. The summed E-state index contributed by atoms with van der Waals surface area (Å²) in [6, 6.07) is 6.56. The van der Waals surface area contributed by atoms with Crippen molar-refractivity contribution in [1.29, 1.82) is 0 Å². The average molecular weight is 300 g/mol. The van der Waals surface area contributed by atoms with Gasteiger partial charge in [0.05, 0.1) is 14.2 Å². The summed E-state index contributed by atoms with van der Waals surface area (Å²) >= 11 is 5.59. The predicted molar refractivity (Wildman–Crippen MR) is 75.7 cm³/mol. The van der Waals surface area contributed by atoms with Gasteiger partial charge >= 0.3 is 5.97 Å². The van der Waals surface area contributed by atoms with Gasteiger partial charge in [-0.2, -0.15) is 0 Å². The van der Waals surface area contributed by atoms with Gasteiger partial charge in [0.25, 0.3) is 0 Å². The van der Waals surface area contributed by atoms with Gasteiger partial charge in [-0.15, -0.1) is 11.6 Å². The van der Waals surface area contributed by atoms with E-state index in [9.17, 15) is 9.59 Å². The quantitative estimate of drug-likeness (QED) is 0.594. The minimum Gasteiger partial charge on any atom is -0.497 e. The number of hydrogen-bond donors (Lipinski definition) is 0. The Bertz CT molecular complexity index is 461. The van der Waals surface area contributed by atoms with Crippen molar-refractivity contribution in [3.63, 3.8) is 0 Å². The van der Waals surface area contributed by atoms with Gasteiger partial charge in [0.1, 0.15) is 17.7 Å². The second kappa shape index (κ2) is 7.75. The van der Waals surface area contributed by atoms with E-state index in [0.29, 0.717) is 0 Å². The van der Waals surface area contributed by atoms with Crippen LogP contribution in [0.1, 0.15) is 12.5 Å². The molecule has 1 rings (SSSR count). The molecule has 6 heteroatoms. The van der Waals surface area contributed by atoms with Gasteiger partial charge in [0.2, 0.25) is 5.91 Å². The Balaban J connectivity index is 2.88. The molecule has 20 heavy (non-hydrogen) atoms. The van der Waals surface area contributed by atoms with E-state index in [0.717, 1.165) is 11.3 Å². The molecule has 0 spiro atoms. The van der Waals surface area contributed by atoms with Crippen LogP contribution in [-0.4, -0.2) is 42.9 Å². The Morgan fingerprint density at radius 3 is 2.30 bits per heavy atom. The third kappa shape index (κ3) is 4.13. The second-order valence-electron chi connectivity index (χ2n) is 4.20. The van der Waals surface area contributed by atoms with Gasteiger partial charge in [0.15, 0.2) is 0 Å². The van der Waals surface area contributed by atoms with Gasteiger partial charge in [-0.05, 0) is 24.6 Å². The van der Waals surface area contributed by atoms with Crippen LogP contribution in [-0.2, 0) is 20.9 Å². The van der Waals surface area contributed by atoms with E-state index < -0.39 is 12.0 Å². The molecular formula is C14H18ClNO4. The first-order valence-corrected chi connectivity index (χ1v) is 6.63. The lowest BCUT2D eigenvalue weighted by Crippen LogP contribution is -2.43. The van der Waals surface area contributed by atoms with E-state index >= 15 is 0 Å². The van der Waals surface area contributed by atoms with Crippen LogP contribution in [0.5, 0.6) is 5.75 Å². The van der Waals surface area contributed by atoms with Crippen LogP contribution in [0, 0.1) is 0 Å². The van der Waals surface area contributed by atoms with Crippen molar-refractivity contribution < 1.29 is 19.1 Å². The monoisotopic (exact) mass is 299 g/mol. The van der Waals surface area contributed by atoms with E-state index in [1.807, 2.05) is 12.1 Å². The lowest BCUT2D eigenvalue weighted by Gasteiger charge is -2.27. The number of amides is 1. The van der Waals surface area contributed by atoms with Gasteiger partial charge in [-0.3, -0.25) is 4.79 Å². The highest BCUT2D eigenvalue weighted by Gasteiger charge is 2.26. The molecule has 0 aliphatic carbocycles. The molecule has 0 radical (unpaired) electrons. The number of carbonyl (C=O) groups excluding carboxylic acids is 2. The van der Waals surface area contributed by atoms with Crippen LogP contribution in [0.25, 0.3) is 0 Å². The van der Waals surface area contributed by atoms with E-state index in [4.69, 9.17) is 16.3 Å². The van der Waals surface area contributed by atoms with Crippen LogP contribution in [0.4, 0.5) is 0 Å². The van der Waals surface area contributed by atoms with E-state index in [1.165, 1.54) is 12.0 Å². The summed E-state index contributed by atoms with van der Waals surface area (Å²) in [5.41, 5.74) is 0.875. The molecule has 0 aliphatic heterocycles. The molecule has 0 saturated heterocycles. The molecule has 0 saturated carbocycles. The number of hydrogen-bond acceptors (Lipinski definition) is 4. The zero-order chi connectivity index (χ0) is 15.1. The van der Waals surface area contributed by atoms with Crippen molar-refractivity contribution in [2.75, 3.05) is 20.1 Å². The lowest BCUT2D eigenvalue weighted by atomic mass is 10.1. The first-order chi connectivity index (χ1) is 9.53. The van der Waals surface area contributed by atoms with Crippen LogP contribution in [0.2, 0.25) is 0 Å². The zero-order valence-electron chi connectivity index (χ0n) is 11.8. The summed E-state index contributed by atoms with van der Waals surface area (Å²) in [5, 5.41) is 0. The molecule has 1 aromatic rings. The highest BCUT2D eigenvalue weighted by Crippen LogP contribution is 2.15. The largest absolute Gasteiger partial charge is 0.497 e. The molecule has 1 aromatic carbocycles. The van der Waals surface area contributed by atoms with Crippen molar-refractivity contribution >= 4 is 23.5 Å². The van der Waals surface area contributed by atoms with Crippen molar-refractivity contribution in [2.45, 2.75) is 19.5 Å². The van der Waals surface area contributed by atoms with E-state index in [-0.39, 0.29) is 18.3 Å². The Hall–Kier alpha value is -1.75. The highest BCUT2D eigenvalue weighted by atomic mass is 35.5. The maximum absolute atomic E-state index is 11.9. The zero-order valence-corrected chi connectivity index (χ0v) is 12.5. The Morgan fingerprint density at radius 2 is 1.85 bits per heavy atom. The van der Waals surface area contributed by atoms with Crippen LogP contribution in [0.3, 0.4) is 0 Å². The van der Waals surface area contributed by atoms with Gasteiger partial charge in [-0.25, -0.2) is 4.79 Å². The average Bonchev–Trinajstić information content (AvgIpc) is 2.50. The Kier molecular flexibility index (Phi) is 6.31. The maximum atomic E-state index is 11.9. The molecule has 0 aliphatic rings. The maximum Gasteiger partial charge on any atom is 0.328 e. The standard InChI is InChI=1S/C14H18ClNO4/c1-10(14(18)20-3)16(13(17)8-15)9-11-4-6-12(19-2)7-5-11/h4-7,10H,8-9H2,1-3H3/t10-/m0/s1. The summed E-state index contributed by atoms with van der Waals surface area (Å²) in [7, 11) is 2.87. The summed E-state index contributed by atoms with van der Waals surface area (Å²) in [5.74, 6) is -0.250. The topological polar surface area (TPSA) is 55.8 Å². The first kappa shape index (κ1) is 16.3. The molecule has 1 amide bonds. The number of benzene rings is 1. The number of ether oxygens (including phenoxy) is 2. The Morgan fingerprint density at radius 1 is 1.25 bits per heavy atom. The fourth-order valence-electron chi connectivity index (χ4n) is 1.74. The minimum absolute atomic E-state index is 0.183. The summed E-state index contributed by atoms with van der Waals surface area (Å²) in [4.78, 5) is 24.8. The molecule has 0 aromatic heterocycles. The normalized spacial score (nSPS) is 11.6. The predicted octanol–water partition coefficient (Wildman–Crippen LogP) is 1.82. The van der Waals surface area contributed by atoms with Crippen LogP contribution < -0.4 is 4.74 Å². The second-order valence-corrected chi connectivity index (χ2v) is 4.47. The minimum atomic E-state index is -0.687. The first-order valence-electron chi connectivity index (χ1n) is 6.09. The van der Waals surface area contributed by atoms with Crippen LogP contribution >= 0.6 is 11.6 Å². The molecule has 0 heterocycles. The summed E-state index contributed by atoms with van der Waals surface area (Å²) in [6.07, 6.45) is 0. The number of carbonyl (C=O) groups is 2. The smallest absolute Gasteiger partial charge is 0.328 e. The van der Waals surface area contributed by atoms with Gasteiger partial charge in [-0.1, -0.05) is 12.1 Å². The number of rotatable bonds is 6. The molecule has 0 bridgehead atoms. The fraction of sp³-hybridized carbons (Fsp3) is 0.429. The van der Waals surface area contributed by atoms with Crippen molar-refractivity contribution in [1.82, 2.24) is 4.90 Å². The van der Waals surface area contributed by atoms with E-state index in [1.54, 1.807) is 26.2 Å². The molecule has 110 valence electrons. The number of nitrogens with zero attached hydrogens (tertiary/aromatic N) is 1. The number of halogens is 1. The SMILES string of the molecule is COC(=O)[C@H](C)N(Cc1ccc(OC)cc1)C(=O)CCl. The van der Waals surface area contributed by atoms with E-state index in [2.05, 4.69) is 4.74 Å². The molecule has 0 fully saturated rings. The highest BCUT2D eigenvalue weighted by molar-refractivity contribution is 6.27.